The molecule has 0 saturated heterocycles. The molecule has 1 N–H and O–H groups in total. The second-order valence-corrected chi connectivity index (χ2v) is 4.07. The molecule has 1 aromatic heterocycles. The van der Waals surface area contributed by atoms with Crippen LogP contribution in [-0.4, -0.2) is 20.8 Å². The van der Waals surface area contributed by atoms with Gasteiger partial charge in [-0.2, -0.15) is 0 Å². The maximum absolute atomic E-state index is 4.13. The topological polar surface area (TPSA) is 42.7 Å². The quantitative estimate of drug-likeness (QED) is 0.717. The molecule has 4 nitrogen and oxygen atoms in total. The van der Waals surface area contributed by atoms with E-state index < -0.39 is 0 Å². The van der Waals surface area contributed by atoms with Gasteiger partial charge in [-0.1, -0.05) is 13.0 Å². The van der Waals surface area contributed by atoms with Crippen molar-refractivity contribution in [3.63, 3.8) is 0 Å². The van der Waals surface area contributed by atoms with Gasteiger partial charge in [0.15, 0.2) is 0 Å². The van der Waals surface area contributed by atoms with Gasteiger partial charge in [-0.05, 0) is 26.2 Å². The average Bonchev–Trinajstić information content (AvgIpc) is 2.61. The first kappa shape index (κ1) is 12.9. The van der Waals surface area contributed by atoms with E-state index in [-0.39, 0.29) is 0 Å². The van der Waals surface area contributed by atoms with E-state index in [9.17, 15) is 0 Å². The predicted molar refractivity (Wildman–Crippen MR) is 66.1 cm³/mol. The minimum atomic E-state index is 0.537. The second-order valence-electron chi connectivity index (χ2n) is 4.07. The Bertz CT molecular complexity index is 330. The molecule has 90 valence electrons. The number of nitrogens with one attached hydrogen (secondary N) is 1. The van der Waals surface area contributed by atoms with E-state index in [1.807, 2.05) is 24.6 Å². The summed E-state index contributed by atoms with van der Waals surface area (Å²) in [5.74, 6) is 1.95. The summed E-state index contributed by atoms with van der Waals surface area (Å²) in [7, 11) is 2.00. The zero-order chi connectivity index (χ0) is 12.0. The van der Waals surface area contributed by atoms with E-state index in [0.29, 0.717) is 6.04 Å². The fourth-order valence-corrected chi connectivity index (χ4v) is 1.61. The Morgan fingerprint density at radius 3 is 2.75 bits per heavy atom. The van der Waals surface area contributed by atoms with Crippen molar-refractivity contribution in [2.24, 2.45) is 7.05 Å². The molecule has 1 aromatic rings. The van der Waals surface area contributed by atoms with Crippen molar-refractivity contribution >= 4 is 0 Å². The number of hydrogen-bond donors (Lipinski definition) is 1. The van der Waals surface area contributed by atoms with Gasteiger partial charge >= 0.3 is 0 Å². The highest BCUT2D eigenvalue weighted by Gasteiger charge is 2.08. The summed E-state index contributed by atoms with van der Waals surface area (Å²) in [6, 6.07) is 0.537. The first-order chi connectivity index (χ1) is 7.69. The summed E-state index contributed by atoms with van der Waals surface area (Å²) >= 11 is 0. The van der Waals surface area contributed by atoms with Gasteiger partial charge in [0.05, 0.1) is 6.54 Å². The molecule has 1 rings (SSSR count). The molecule has 4 heteroatoms. The third kappa shape index (κ3) is 3.45. The molecule has 0 fully saturated rings. The molecule has 1 unspecified atom stereocenters. The van der Waals surface area contributed by atoms with Crippen LogP contribution in [-0.2, 0) is 13.6 Å². The summed E-state index contributed by atoms with van der Waals surface area (Å²) in [6.45, 7) is 8.69. The number of nitrogens with zero attached hydrogens (tertiary/aromatic N) is 3. The van der Waals surface area contributed by atoms with E-state index in [4.69, 9.17) is 0 Å². The Hall–Kier alpha value is -1.16. The molecule has 0 aliphatic rings. The minimum Gasteiger partial charge on any atom is -0.317 e. The molecular weight excluding hydrogens is 200 g/mol. The fourth-order valence-electron chi connectivity index (χ4n) is 1.61. The molecule has 0 bridgehead atoms. The van der Waals surface area contributed by atoms with Crippen LogP contribution >= 0.6 is 0 Å². The van der Waals surface area contributed by atoms with Crippen LogP contribution in [0.15, 0.2) is 12.7 Å². The Morgan fingerprint density at radius 1 is 1.50 bits per heavy atom. The van der Waals surface area contributed by atoms with E-state index in [1.54, 1.807) is 0 Å². The molecule has 0 aromatic carbocycles. The normalized spacial score (nSPS) is 12.7. The lowest BCUT2D eigenvalue weighted by atomic mass is 10.1. The molecule has 0 spiro atoms. The van der Waals surface area contributed by atoms with Crippen LogP contribution < -0.4 is 5.32 Å². The van der Waals surface area contributed by atoms with Crippen molar-refractivity contribution in [3.8, 4) is 0 Å². The predicted octanol–water partition coefficient (Wildman–Crippen LogP) is 1.96. The van der Waals surface area contributed by atoms with Crippen LogP contribution in [0.25, 0.3) is 0 Å². The largest absolute Gasteiger partial charge is 0.317 e. The van der Waals surface area contributed by atoms with Crippen LogP contribution in [0.5, 0.6) is 0 Å². The first-order valence-electron chi connectivity index (χ1n) is 5.88. The fraction of sp³-hybridized carbons (Fsp3) is 0.667. The number of rotatable bonds is 7. The van der Waals surface area contributed by atoms with Gasteiger partial charge in [-0.3, -0.25) is 0 Å². The van der Waals surface area contributed by atoms with Gasteiger partial charge in [-0.15, -0.1) is 16.8 Å². The van der Waals surface area contributed by atoms with E-state index in [0.717, 1.165) is 37.5 Å². The highest BCUT2D eigenvalue weighted by molar-refractivity contribution is 4.92. The van der Waals surface area contributed by atoms with Crippen LogP contribution in [0.3, 0.4) is 0 Å². The Kier molecular flexibility index (Phi) is 5.19. The van der Waals surface area contributed by atoms with E-state index in [2.05, 4.69) is 29.0 Å². The van der Waals surface area contributed by atoms with Crippen LogP contribution in [0.2, 0.25) is 0 Å². The number of allylic oxidation sites excluding steroid dienone is 1. The van der Waals surface area contributed by atoms with Crippen molar-refractivity contribution in [1.82, 2.24) is 20.1 Å². The summed E-state index contributed by atoms with van der Waals surface area (Å²) in [5.41, 5.74) is 0. The van der Waals surface area contributed by atoms with Gasteiger partial charge in [0, 0.05) is 13.1 Å². The molecule has 0 aliphatic carbocycles. The monoisotopic (exact) mass is 222 g/mol. The highest BCUT2D eigenvalue weighted by Crippen LogP contribution is 2.04. The van der Waals surface area contributed by atoms with Gasteiger partial charge < -0.3 is 9.88 Å². The molecule has 0 saturated carbocycles. The van der Waals surface area contributed by atoms with Crippen molar-refractivity contribution < 1.29 is 0 Å². The third-order valence-corrected chi connectivity index (χ3v) is 2.94. The zero-order valence-electron chi connectivity index (χ0n) is 10.5. The van der Waals surface area contributed by atoms with Gasteiger partial charge in [-0.25, -0.2) is 0 Å². The van der Waals surface area contributed by atoms with Crippen LogP contribution in [0.1, 0.15) is 37.8 Å². The lowest BCUT2D eigenvalue weighted by Gasteiger charge is -2.15. The van der Waals surface area contributed by atoms with Gasteiger partial charge in [0.2, 0.25) is 0 Å². The third-order valence-electron chi connectivity index (χ3n) is 2.94. The molecule has 1 heterocycles. The van der Waals surface area contributed by atoms with Crippen molar-refractivity contribution in [1.29, 1.82) is 0 Å². The average molecular weight is 222 g/mol. The lowest BCUT2D eigenvalue weighted by molar-refractivity contribution is 0.458. The van der Waals surface area contributed by atoms with Crippen molar-refractivity contribution in [2.75, 3.05) is 0 Å². The van der Waals surface area contributed by atoms with E-state index >= 15 is 0 Å². The highest BCUT2D eigenvalue weighted by atomic mass is 15.3. The van der Waals surface area contributed by atoms with Crippen LogP contribution in [0, 0.1) is 6.92 Å². The molecule has 0 aliphatic heterocycles. The summed E-state index contributed by atoms with van der Waals surface area (Å²) in [4.78, 5) is 0. The standard InChI is InChI=1S/C12H22N4/c1-5-7-8-11(6-2)13-9-12-15-14-10(3)16(12)4/h5,11,13H,1,6-9H2,2-4H3. The molecule has 0 amide bonds. The number of aryl methyl sites for hydroxylation is 1. The van der Waals surface area contributed by atoms with E-state index in [1.165, 1.54) is 0 Å². The maximum Gasteiger partial charge on any atom is 0.146 e. The van der Waals surface area contributed by atoms with Crippen LogP contribution in [0.4, 0.5) is 0 Å². The first-order valence-corrected chi connectivity index (χ1v) is 5.88. The zero-order valence-corrected chi connectivity index (χ0v) is 10.5. The lowest BCUT2D eigenvalue weighted by Crippen LogP contribution is -2.28. The number of hydrogen-bond acceptors (Lipinski definition) is 3. The Balaban J connectivity index is 2.42. The molecular formula is C12H22N4. The Labute approximate surface area is 97.8 Å². The number of aromatic nitrogens is 3. The van der Waals surface area contributed by atoms with Gasteiger partial charge in [0.25, 0.3) is 0 Å². The van der Waals surface area contributed by atoms with Gasteiger partial charge in [0.1, 0.15) is 11.6 Å². The summed E-state index contributed by atoms with van der Waals surface area (Å²) < 4.78 is 2.02. The van der Waals surface area contributed by atoms with Crippen molar-refractivity contribution in [2.45, 2.75) is 45.7 Å². The minimum absolute atomic E-state index is 0.537. The second kappa shape index (κ2) is 6.43. The summed E-state index contributed by atoms with van der Waals surface area (Å²) in [6.07, 6.45) is 5.29. The molecule has 1 atom stereocenters. The Morgan fingerprint density at radius 2 is 2.25 bits per heavy atom. The van der Waals surface area contributed by atoms with Crippen molar-refractivity contribution in [3.05, 3.63) is 24.3 Å². The summed E-state index contributed by atoms with van der Waals surface area (Å²) in [5, 5.41) is 11.7. The molecule has 16 heavy (non-hydrogen) atoms. The molecule has 0 radical (unpaired) electrons. The maximum atomic E-state index is 4.13. The smallest absolute Gasteiger partial charge is 0.146 e. The SMILES string of the molecule is C=CCCC(CC)NCc1nnc(C)n1C.